The van der Waals surface area contributed by atoms with E-state index in [2.05, 4.69) is 18.7 Å². The SMILES string of the molecule is CCN(CC)CCN1C(=O)C(c2ccccc2)=C(c2ccccc2)C1=O. The molecular formula is C22H24N2O2. The van der Waals surface area contributed by atoms with E-state index in [-0.39, 0.29) is 11.8 Å². The van der Waals surface area contributed by atoms with Crippen molar-refractivity contribution in [1.82, 2.24) is 9.80 Å². The molecule has 1 aliphatic heterocycles. The first kappa shape index (κ1) is 18.1. The second kappa shape index (κ2) is 8.11. The van der Waals surface area contributed by atoms with Gasteiger partial charge < -0.3 is 4.90 Å². The molecule has 2 aromatic carbocycles. The van der Waals surface area contributed by atoms with Gasteiger partial charge in [0.05, 0.1) is 11.1 Å². The van der Waals surface area contributed by atoms with Crippen molar-refractivity contribution in [2.45, 2.75) is 13.8 Å². The van der Waals surface area contributed by atoms with Crippen molar-refractivity contribution in [1.29, 1.82) is 0 Å². The van der Waals surface area contributed by atoms with Gasteiger partial charge in [-0.25, -0.2) is 0 Å². The maximum absolute atomic E-state index is 13.1. The van der Waals surface area contributed by atoms with Gasteiger partial charge in [-0.2, -0.15) is 0 Å². The summed E-state index contributed by atoms with van der Waals surface area (Å²) >= 11 is 0. The van der Waals surface area contributed by atoms with Crippen LogP contribution in [0.15, 0.2) is 60.7 Å². The Morgan fingerprint density at radius 2 is 1.15 bits per heavy atom. The monoisotopic (exact) mass is 348 g/mol. The Morgan fingerprint density at radius 1 is 0.731 bits per heavy atom. The number of imide groups is 1. The molecule has 0 aliphatic carbocycles. The fourth-order valence-electron chi connectivity index (χ4n) is 3.31. The summed E-state index contributed by atoms with van der Waals surface area (Å²) in [5.74, 6) is -0.403. The van der Waals surface area contributed by atoms with Gasteiger partial charge in [0.15, 0.2) is 0 Å². The standard InChI is InChI=1S/C22H24N2O2/c1-3-23(4-2)15-16-24-21(25)19(17-11-7-5-8-12-17)20(22(24)26)18-13-9-6-10-14-18/h5-14H,3-4,15-16H2,1-2H3. The number of hydrogen-bond donors (Lipinski definition) is 0. The van der Waals surface area contributed by atoms with Crippen molar-refractivity contribution in [2.24, 2.45) is 0 Å². The van der Waals surface area contributed by atoms with E-state index in [9.17, 15) is 9.59 Å². The number of benzene rings is 2. The van der Waals surface area contributed by atoms with Gasteiger partial charge in [-0.05, 0) is 24.2 Å². The third-order valence-electron chi connectivity index (χ3n) is 4.83. The Balaban J connectivity index is 1.99. The lowest BCUT2D eigenvalue weighted by molar-refractivity contribution is -0.136. The summed E-state index contributed by atoms with van der Waals surface area (Å²) in [7, 11) is 0. The van der Waals surface area contributed by atoms with Gasteiger partial charge >= 0.3 is 0 Å². The maximum Gasteiger partial charge on any atom is 0.262 e. The molecule has 26 heavy (non-hydrogen) atoms. The third kappa shape index (κ3) is 3.46. The van der Waals surface area contributed by atoms with Crippen LogP contribution in [0.25, 0.3) is 11.1 Å². The van der Waals surface area contributed by atoms with E-state index in [0.29, 0.717) is 24.2 Å². The minimum atomic E-state index is -0.202. The highest BCUT2D eigenvalue weighted by Crippen LogP contribution is 2.35. The van der Waals surface area contributed by atoms with E-state index >= 15 is 0 Å². The molecule has 134 valence electrons. The molecular weight excluding hydrogens is 324 g/mol. The lowest BCUT2D eigenvalue weighted by Crippen LogP contribution is -2.39. The Labute approximate surface area is 154 Å². The average Bonchev–Trinajstić information content (AvgIpc) is 2.94. The van der Waals surface area contributed by atoms with Crippen molar-refractivity contribution in [3.05, 3.63) is 71.8 Å². The van der Waals surface area contributed by atoms with Crippen LogP contribution in [-0.2, 0) is 9.59 Å². The zero-order valence-electron chi connectivity index (χ0n) is 15.3. The van der Waals surface area contributed by atoms with E-state index in [1.165, 1.54) is 4.90 Å². The molecule has 0 saturated heterocycles. The van der Waals surface area contributed by atoms with Crippen LogP contribution in [0, 0.1) is 0 Å². The van der Waals surface area contributed by atoms with Gasteiger partial charge in [-0.3, -0.25) is 14.5 Å². The van der Waals surface area contributed by atoms with Crippen LogP contribution in [0.2, 0.25) is 0 Å². The Morgan fingerprint density at radius 3 is 1.54 bits per heavy atom. The quantitative estimate of drug-likeness (QED) is 0.721. The molecule has 4 nitrogen and oxygen atoms in total. The van der Waals surface area contributed by atoms with Gasteiger partial charge in [0.2, 0.25) is 0 Å². The van der Waals surface area contributed by atoms with E-state index in [1.54, 1.807) is 0 Å². The summed E-state index contributed by atoms with van der Waals surface area (Å²) in [6.45, 7) is 7.06. The molecule has 0 spiro atoms. The van der Waals surface area contributed by atoms with Gasteiger partial charge in [-0.15, -0.1) is 0 Å². The topological polar surface area (TPSA) is 40.6 Å². The van der Waals surface area contributed by atoms with Gasteiger partial charge in [0.25, 0.3) is 11.8 Å². The molecule has 0 fully saturated rings. The number of likely N-dealkylation sites (N-methyl/N-ethyl adjacent to an activating group) is 1. The number of carbonyl (C=O) groups excluding carboxylic acids is 2. The molecule has 0 radical (unpaired) electrons. The summed E-state index contributed by atoms with van der Waals surface area (Å²) < 4.78 is 0. The van der Waals surface area contributed by atoms with Crippen LogP contribution < -0.4 is 0 Å². The molecule has 0 saturated carbocycles. The molecule has 0 aromatic heterocycles. The third-order valence-corrected chi connectivity index (χ3v) is 4.83. The number of rotatable bonds is 7. The Bertz CT molecular complexity index is 747. The van der Waals surface area contributed by atoms with Crippen molar-refractivity contribution in [2.75, 3.05) is 26.2 Å². The number of hydrogen-bond acceptors (Lipinski definition) is 3. The molecule has 0 atom stereocenters. The lowest BCUT2D eigenvalue weighted by Gasteiger charge is -2.22. The van der Waals surface area contributed by atoms with Gasteiger partial charge in [0, 0.05) is 13.1 Å². The van der Waals surface area contributed by atoms with E-state index in [4.69, 9.17) is 0 Å². The van der Waals surface area contributed by atoms with Gasteiger partial charge in [-0.1, -0.05) is 74.5 Å². The lowest BCUT2D eigenvalue weighted by atomic mass is 9.96. The van der Waals surface area contributed by atoms with Crippen molar-refractivity contribution < 1.29 is 9.59 Å². The summed E-state index contributed by atoms with van der Waals surface area (Å²) in [5.41, 5.74) is 2.58. The highest BCUT2D eigenvalue weighted by molar-refractivity contribution is 6.48. The summed E-state index contributed by atoms with van der Waals surface area (Å²) in [6, 6.07) is 18.9. The second-order valence-corrected chi connectivity index (χ2v) is 6.27. The first-order valence-electron chi connectivity index (χ1n) is 9.11. The van der Waals surface area contributed by atoms with Gasteiger partial charge in [0.1, 0.15) is 0 Å². The summed E-state index contributed by atoms with van der Waals surface area (Å²) in [4.78, 5) is 29.8. The van der Waals surface area contributed by atoms with Crippen LogP contribution in [0.4, 0.5) is 0 Å². The molecule has 1 heterocycles. The minimum absolute atomic E-state index is 0.202. The molecule has 0 N–H and O–H groups in total. The predicted octanol–water partition coefficient (Wildman–Crippen LogP) is 3.31. The first-order chi connectivity index (χ1) is 12.7. The zero-order chi connectivity index (χ0) is 18.5. The molecule has 3 rings (SSSR count). The molecule has 0 unspecified atom stereocenters. The van der Waals surface area contributed by atoms with Crippen molar-refractivity contribution in [3.63, 3.8) is 0 Å². The van der Waals surface area contributed by atoms with Crippen LogP contribution in [0.5, 0.6) is 0 Å². The largest absolute Gasteiger partial charge is 0.302 e. The predicted molar refractivity (Wildman–Crippen MR) is 104 cm³/mol. The van der Waals surface area contributed by atoms with Crippen LogP contribution in [-0.4, -0.2) is 47.8 Å². The Kier molecular flexibility index (Phi) is 5.64. The first-order valence-corrected chi connectivity index (χ1v) is 9.11. The molecule has 4 heteroatoms. The van der Waals surface area contributed by atoms with E-state index < -0.39 is 0 Å². The number of amides is 2. The molecule has 1 aliphatic rings. The minimum Gasteiger partial charge on any atom is -0.302 e. The fraction of sp³-hybridized carbons (Fsp3) is 0.273. The average molecular weight is 348 g/mol. The van der Waals surface area contributed by atoms with Crippen molar-refractivity contribution in [3.8, 4) is 0 Å². The fourth-order valence-corrected chi connectivity index (χ4v) is 3.31. The highest BCUT2D eigenvalue weighted by Gasteiger charge is 2.39. The molecule has 2 aromatic rings. The summed E-state index contributed by atoms with van der Waals surface area (Å²) in [6.07, 6.45) is 0. The smallest absolute Gasteiger partial charge is 0.262 e. The highest BCUT2D eigenvalue weighted by atomic mass is 16.2. The van der Waals surface area contributed by atoms with E-state index in [0.717, 1.165) is 24.2 Å². The number of nitrogens with zero attached hydrogens (tertiary/aromatic N) is 2. The van der Waals surface area contributed by atoms with Crippen molar-refractivity contribution >= 4 is 23.0 Å². The summed E-state index contributed by atoms with van der Waals surface area (Å²) in [5, 5.41) is 0. The second-order valence-electron chi connectivity index (χ2n) is 6.27. The van der Waals surface area contributed by atoms with Crippen LogP contribution >= 0.6 is 0 Å². The van der Waals surface area contributed by atoms with E-state index in [1.807, 2.05) is 60.7 Å². The Hall–Kier alpha value is -2.72. The number of carbonyl (C=O) groups is 2. The zero-order valence-corrected chi connectivity index (χ0v) is 15.3. The van der Waals surface area contributed by atoms with Crippen LogP contribution in [0.3, 0.4) is 0 Å². The maximum atomic E-state index is 13.1. The molecule has 0 bridgehead atoms. The molecule has 2 amide bonds. The normalized spacial score (nSPS) is 14.7. The van der Waals surface area contributed by atoms with Crippen LogP contribution in [0.1, 0.15) is 25.0 Å².